The molecule has 0 aliphatic rings. The molecule has 0 aliphatic carbocycles. The maximum absolute atomic E-state index is 6.01. The molecule has 0 bridgehead atoms. The van der Waals surface area contributed by atoms with Gasteiger partial charge in [0.05, 0.1) is 6.61 Å². The highest BCUT2D eigenvalue weighted by atomic mass is 79.9. The summed E-state index contributed by atoms with van der Waals surface area (Å²) in [5.74, 6) is 0.872. The summed E-state index contributed by atoms with van der Waals surface area (Å²) in [5, 5.41) is 0.745. The topological polar surface area (TPSA) is 18.5 Å². The minimum Gasteiger partial charge on any atom is -0.491 e. The average Bonchev–Trinajstić information content (AvgIpc) is 2.53. The van der Waals surface area contributed by atoms with E-state index in [1.165, 1.54) is 0 Å². The Hall–Kier alpha value is -1.32. The fourth-order valence-corrected chi connectivity index (χ4v) is 2.42. The average molecular weight is 335 g/mol. The minimum absolute atomic E-state index is 0.332. The molecule has 2 aromatic carbocycles. The summed E-state index contributed by atoms with van der Waals surface area (Å²) in [6.07, 6.45) is 0. The standard InChI is InChI=1S/C17H19BrO2/c1-17(14-18,15-8-4-2-5-9-15)20-13-12-19-16-10-6-3-7-11-16/h2-11H,12-14H2,1H3. The molecule has 2 nitrogen and oxygen atoms in total. The van der Waals surface area contributed by atoms with Gasteiger partial charge in [-0.3, -0.25) is 0 Å². The second-order valence-corrected chi connectivity index (χ2v) is 5.30. The number of alkyl halides is 1. The van der Waals surface area contributed by atoms with Crippen molar-refractivity contribution < 1.29 is 9.47 Å². The number of hydrogen-bond donors (Lipinski definition) is 0. The minimum atomic E-state index is -0.332. The van der Waals surface area contributed by atoms with E-state index < -0.39 is 0 Å². The highest BCUT2D eigenvalue weighted by Gasteiger charge is 2.25. The van der Waals surface area contributed by atoms with Gasteiger partial charge in [0.25, 0.3) is 0 Å². The lowest BCUT2D eigenvalue weighted by atomic mass is 9.98. The maximum atomic E-state index is 6.01. The molecule has 1 atom stereocenters. The Labute approximate surface area is 128 Å². The van der Waals surface area contributed by atoms with E-state index in [4.69, 9.17) is 9.47 Å². The van der Waals surface area contributed by atoms with Gasteiger partial charge in [-0.25, -0.2) is 0 Å². The predicted molar refractivity (Wildman–Crippen MR) is 85.5 cm³/mol. The van der Waals surface area contributed by atoms with Crippen LogP contribution >= 0.6 is 15.9 Å². The monoisotopic (exact) mass is 334 g/mol. The van der Waals surface area contributed by atoms with E-state index in [0.717, 1.165) is 16.6 Å². The van der Waals surface area contributed by atoms with E-state index in [0.29, 0.717) is 13.2 Å². The first kappa shape index (κ1) is 15.1. The first-order valence-corrected chi connectivity index (χ1v) is 7.80. The van der Waals surface area contributed by atoms with Crippen molar-refractivity contribution in [2.45, 2.75) is 12.5 Å². The normalized spacial score (nSPS) is 13.7. The van der Waals surface area contributed by atoms with Crippen molar-refractivity contribution >= 4 is 15.9 Å². The van der Waals surface area contributed by atoms with Crippen molar-refractivity contribution in [2.24, 2.45) is 0 Å². The predicted octanol–water partition coefficient (Wildman–Crippen LogP) is 4.39. The van der Waals surface area contributed by atoms with E-state index in [1.807, 2.05) is 48.5 Å². The lowest BCUT2D eigenvalue weighted by Crippen LogP contribution is -2.29. The lowest BCUT2D eigenvalue weighted by Gasteiger charge is -2.28. The molecule has 0 N–H and O–H groups in total. The molecular formula is C17H19BrO2. The first-order chi connectivity index (χ1) is 9.74. The van der Waals surface area contributed by atoms with Crippen LogP contribution in [0.15, 0.2) is 60.7 Å². The van der Waals surface area contributed by atoms with Gasteiger partial charge < -0.3 is 9.47 Å². The molecule has 3 heteroatoms. The smallest absolute Gasteiger partial charge is 0.119 e. The molecule has 0 heterocycles. The van der Waals surface area contributed by atoms with Crippen molar-refractivity contribution in [2.75, 3.05) is 18.5 Å². The van der Waals surface area contributed by atoms with Crippen molar-refractivity contribution in [3.8, 4) is 5.75 Å². The molecule has 0 aliphatic heterocycles. The van der Waals surface area contributed by atoms with Gasteiger partial charge in [-0.15, -0.1) is 0 Å². The highest BCUT2D eigenvalue weighted by molar-refractivity contribution is 9.09. The Kier molecular flexibility index (Phi) is 5.62. The Morgan fingerprint density at radius 1 is 0.900 bits per heavy atom. The Morgan fingerprint density at radius 2 is 1.50 bits per heavy atom. The van der Waals surface area contributed by atoms with Crippen molar-refractivity contribution in [1.82, 2.24) is 0 Å². The maximum Gasteiger partial charge on any atom is 0.119 e. The van der Waals surface area contributed by atoms with E-state index in [9.17, 15) is 0 Å². The van der Waals surface area contributed by atoms with Gasteiger partial charge in [0.15, 0.2) is 0 Å². The number of para-hydroxylation sites is 1. The van der Waals surface area contributed by atoms with Crippen molar-refractivity contribution in [3.63, 3.8) is 0 Å². The van der Waals surface area contributed by atoms with Gasteiger partial charge in [-0.1, -0.05) is 64.5 Å². The Balaban J connectivity index is 1.85. The van der Waals surface area contributed by atoms with E-state index in [1.54, 1.807) is 0 Å². The molecule has 1 unspecified atom stereocenters. The third kappa shape index (κ3) is 4.09. The Bertz CT molecular complexity index is 501. The summed E-state index contributed by atoms with van der Waals surface area (Å²) in [6, 6.07) is 20.0. The highest BCUT2D eigenvalue weighted by Crippen LogP contribution is 2.27. The third-order valence-electron chi connectivity index (χ3n) is 3.16. The van der Waals surface area contributed by atoms with Crippen LogP contribution in [-0.2, 0) is 10.3 Å². The molecule has 0 fully saturated rings. The number of rotatable bonds is 7. The molecule has 20 heavy (non-hydrogen) atoms. The summed E-state index contributed by atoms with van der Waals surface area (Å²) in [7, 11) is 0. The number of halogens is 1. The summed E-state index contributed by atoms with van der Waals surface area (Å²) < 4.78 is 11.7. The van der Waals surface area contributed by atoms with Gasteiger partial charge in [0, 0.05) is 5.33 Å². The quantitative estimate of drug-likeness (QED) is 0.552. The fraction of sp³-hybridized carbons (Fsp3) is 0.294. The largest absolute Gasteiger partial charge is 0.491 e. The molecule has 2 aromatic rings. The first-order valence-electron chi connectivity index (χ1n) is 6.68. The molecule has 0 saturated heterocycles. The van der Waals surface area contributed by atoms with Crippen LogP contribution in [0.1, 0.15) is 12.5 Å². The molecular weight excluding hydrogens is 316 g/mol. The van der Waals surface area contributed by atoms with Crippen molar-refractivity contribution in [1.29, 1.82) is 0 Å². The lowest BCUT2D eigenvalue weighted by molar-refractivity contribution is -0.0291. The SMILES string of the molecule is CC(CBr)(OCCOc1ccccc1)c1ccccc1. The van der Waals surface area contributed by atoms with Crippen LogP contribution in [0.2, 0.25) is 0 Å². The van der Waals surface area contributed by atoms with Crippen LogP contribution in [0.3, 0.4) is 0 Å². The third-order valence-corrected chi connectivity index (χ3v) is 4.23. The number of benzene rings is 2. The van der Waals surface area contributed by atoms with Crippen LogP contribution in [0.4, 0.5) is 0 Å². The van der Waals surface area contributed by atoms with Crippen LogP contribution < -0.4 is 4.74 Å². The second-order valence-electron chi connectivity index (χ2n) is 4.74. The van der Waals surface area contributed by atoms with Gasteiger partial charge in [0.1, 0.15) is 18.0 Å². The van der Waals surface area contributed by atoms with Crippen LogP contribution in [0.25, 0.3) is 0 Å². The molecule has 0 spiro atoms. The molecule has 0 amide bonds. The van der Waals surface area contributed by atoms with Crippen LogP contribution in [-0.4, -0.2) is 18.5 Å². The number of hydrogen-bond acceptors (Lipinski definition) is 2. The van der Waals surface area contributed by atoms with Crippen LogP contribution in [0.5, 0.6) is 5.75 Å². The van der Waals surface area contributed by atoms with E-state index in [2.05, 4.69) is 35.0 Å². The zero-order valence-electron chi connectivity index (χ0n) is 11.6. The van der Waals surface area contributed by atoms with Gasteiger partial charge in [-0.2, -0.15) is 0 Å². The van der Waals surface area contributed by atoms with Gasteiger partial charge >= 0.3 is 0 Å². The molecule has 0 radical (unpaired) electrons. The summed E-state index contributed by atoms with van der Waals surface area (Å²) in [4.78, 5) is 0. The van der Waals surface area contributed by atoms with Crippen molar-refractivity contribution in [3.05, 3.63) is 66.2 Å². The summed E-state index contributed by atoms with van der Waals surface area (Å²) >= 11 is 3.54. The van der Waals surface area contributed by atoms with Gasteiger partial charge in [0.2, 0.25) is 0 Å². The molecule has 106 valence electrons. The molecule has 0 aromatic heterocycles. The van der Waals surface area contributed by atoms with E-state index >= 15 is 0 Å². The van der Waals surface area contributed by atoms with E-state index in [-0.39, 0.29) is 5.60 Å². The zero-order valence-corrected chi connectivity index (χ0v) is 13.2. The molecule has 0 saturated carbocycles. The summed E-state index contributed by atoms with van der Waals surface area (Å²) in [5.41, 5.74) is 0.831. The second kappa shape index (κ2) is 7.46. The zero-order chi connectivity index (χ0) is 14.3. The summed E-state index contributed by atoms with van der Waals surface area (Å²) in [6.45, 7) is 3.17. The number of ether oxygens (including phenoxy) is 2. The van der Waals surface area contributed by atoms with Gasteiger partial charge in [-0.05, 0) is 24.6 Å². The molecule has 2 rings (SSSR count). The Morgan fingerprint density at radius 3 is 2.10 bits per heavy atom. The van der Waals surface area contributed by atoms with Crippen LogP contribution in [0, 0.1) is 0 Å². The fourth-order valence-electron chi connectivity index (χ4n) is 1.93.